The molecule has 0 unspecified atom stereocenters. The number of aromatic amines is 1. The summed E-state index contributed by atoms with van der Waals surface area (Å²) >= 11 is 0. The van der Waals surface area contributed by atoms with Gasteiger partial charge in [0.05, 0.1) is 19.0 Å². The standard InChI is InChI=1S/C23H31N5O3/c1-15-13-25-20(26-15)17-6-10-24-14-19(17)27-11-7-16(8-12-27)21(29)28-18(22(30)31-4)5-9-23(28,2)3/h6,10,13-14,16,18H,5,7-9,11-12H2,1-4H3,(H,25,26)/t18-/m0/s1. The van der Waals surface area contributed by atoms with Gasteiger partial charge in [0, 0.05) is 48.2 Å². The minimum absolute atomic E-state index is 0.0746. The Morgan fingerprint density at radius 1 is 1.19 bits per heavy atom. The number of imidazole rings is 1. The highest BCUT2D eigenvalue weighted by molar-refractivity contribution is 5.87. The number of esters is 1. The minimum Gasteiger partial charge on any atom is -0.467 e. The van der Waals surface area contributed by atoms with E-state index in [2.05, 4.69) is 19.9 Å². The van der Waals surface area contributed by atoms with Gasteiger partial charge >= 0.3 is 5.97 Å². The summed E-state index contributed by atoms with van der Waals surface area (Å²) in [5, 5.41) is 0. The van der Waals surface area contributed by atoms with Gasteiger partial charge < -0.3 is 19.5 Å². The number of pyridine rings is 1. The van der Waals surface area contributed by atoms with Crippen LogP contribution in [0, 0.1) is 12.8 Å². The molecule has 4 rings (SSSR count). The van der Waals surface area contributed by atoms with Crippen LogP contribution < -0.4 is 4.90 Å². The van der Waals surface area contributed by atoms with E-state index in [4.69, 9.17) is 4.74 Å². The van der Waals surface area contributed by atoms with Crippen LogP contribution in [-0.4, -0.2) is 63.5 Å². The van der Waals surface area contributed by atoms with Crippen molar-refractivity contribution in [1.82, 2.24) is 19.9 Å². The number of nitrogens with one attached hydrogen (secondary N) is 1. The van der Waals surface area contributed by atoms with E-state index in [9.17, 15) is 9.59 Å². The van der Waals surface area contributed by atoms with E-state index in [1.165, 1.54) is 7.11 Å². The summed E-state index contributed by atoms with van der Waals surface area (Å²) in [6.07, 6.45) is 8.40. The van der Waals surface area contributed by atoms with Crippen LogP contribution in [0.5, 0.6) is 0 Å². The van der Waals surface area contributed by atoms with Crippen LogP contribution in [0.3, 0.4) is 0 Å². The SMILES string of the molecule is COC(=O)[C@@H]1CCC(C)(C)N1C(=O)C1CCN(c2cnccc2-c2ncc(C)[nH]2)CC1. The number of nitrogens with zero attached hydrogens (tertiary/aromatic N) is 4. The van der Waals surface area contributed by atoms with Crippen molar-refractivity contribution in [2.24, 2.45) is 5.92 Å². The van der Waals surface area contributed by atoms with Gasteiger partial charge in [-0.1, -0.05) is 0 Å². The summed E-state index contributed by atoms with van der Waals surface area (Å²) in [7, 11) is 1.39. The van der Waals surface area contributed by atoms with Crippen LogP contribution in [0.15, 0.2) is 24.7 Å². The largest absolute Gasteiger partial charge is 0.467 e. The van der Waals surface area contributed by atoms with E-state index in [1.54, 1.807) is 11.1 Å². The number of H-pyrrole nitrogens is 1. The number of aromatic nitrogens is 3. The zero-order valence-electron chi connectivity index (χ0n) is 18.7. The predicted octanol–water partition coefficient (Wildman–Crippen LogP) is 2.94. The summed E-state index contributed by atoms with van der Waals surface area (Å²) < 4.78 is 4.97. The fraction of sp³-hybridized carbons (Fsp3) is 0.565. The lowest BCUT2D eigenvalue weighted by Crippen LogP contribution is -2.53. The van der Waals surface area contributed by atoms with Crippen molar-refractivity contribution >= 4 is 17.6 Å². The Morgan fingerprint density at radius 2 is 1.94 bits per heavy atom. The van der Waals surface area contributed by atoms with Crippen molar-refractivity contribution in [3.63, 3.8) is 0 Å². The highest BCUT2D eigenvalue weighted by atomic mass is 16.5. The fourth-order valence-electron chi connectivity index (χ4n) is 4.92. The number of amides is 1. The lowest BCUT2D eigenvalue weighted by Gasteiger charge is -2.40. The molecule has 8 nitrogen and oxygen atoms in total. The molecule has 1 amide bonds. The Morgan fingerprint density at radius 3 is 2.58 bits per heavy atom. The normalized spacial score (nSPS) is 21.4. The number of hydrogen-bond acceptors (Lipinski definition) is 6. The topological polar surface area (TPSA) is 91.4 Å². The first-order valence-corrected chi connectivity index (χ1v) is 10.9. The Balaban J connectivity index is 1.48. The van der Waals surface area contributed by atoms with E-state index in [1.807, 2.05) is 39.2 Å². The summed E-state index contributed by atoms with van der Waals surface area (Å²) in [6.45, 7) is 7.57. The molecule has 0 aromatic carbocycles. The molecule has 0 aliphatic carbocycles. The lowest BCUT2D eigenvalue weighted by molar-refractivity contribution is -0.156. The van der Waals surface area contributed by atoms with Gasteiger partial charge in [-0.15, -0.1) is 0 Å². The van der Waals surface area contributed by atoms with Gasteiger partial charge in [-0.3, -0.25) is 9.78 Å². The van der Waals surface area contributed by atoms with Crippen LogP contribution in [0.1, 0.15) is 45.2 Å². The Hall–Kier alpha value is -2.90. The predicted molar refractivity (Wildman–Crippen MR) is 117 cm³/mol. The summed E-state index contributed by atoms with van der Waals surface area (Å²) in [5.74, 6) is 0.496. The molecule has 4 heterocycles. The number of methoxy groups -OCH3 is 1. The number of likely N-dealkylation sites (tertiary alicyclic amines) is 1. The molecule has 2 aliphatic rings. The van der Waals surface area contributed by atoms with Crippen molar-refractivity contribution in [2.75, 3.05) is 25.1 Å². The maximum absolute atomic E-state index is 13.5. The molecule has 2 aliphatic heterocycles. The number of ether oxygens (including phenoxy) is 1. The third-order valence-electron chi connectivity index (χ3n) is 6.65. The number of aryl methyl sites for hydroxylation is 1. The zero-order chi connectivity index (χ0) is 22.2. The summed E-state index contributed by atoms with van der Waals surface area (Å²) in [4.78, 5) is 41.9. The van der Waals surface area contributed by atoms with Crippen molar-refractivity contribution in [2.45, 2.75) is 58.0 Å². The monoisotopic (exact) mass is 425 g/mol. The van der Waals surface area contributed by atoms with Gasteiger partial charge in [-0.05, 0) is 52.5 Å². The van der Waals surface area contributed by atoms with E-state index < -0.39 is 6.04 Å². The Labute approximate surface area is 183 Å². The molecule has 2 aromatic heterocycles. The molecule has 1 atom stereocenters. The van der Waals surface area contributed by atoms with Crippen LogP contribution in [0.25, 0.3) is 11.4 Å². The molecular formula is C23H31N5O3. The van der Waals surface area contributed by atoms with Gasteiger partial charge in [0.1, 0.15) is 11.9 Å². The molecule has 0 radical (unpaired) electrons. The Bertz CT molecular complexity index is 962. The second kappa shape index (κ2) is 8.32. The van der Waals surface area contributed by atoms with E-state index in [0.29, 0.717) is 6.42 Å². The number of carbonyl (C=O) groups is 2. The van der Waals surface area contributed by atoms with E-state index >= 15 is 0 Å². The fourth-order valence-corrected chi connectivity index (χ4v) is 4.92. The number of hydrogen-bond donors (Lipinski definition) is 1. The number of anilines is 1. The van der Waals surface area contributed by atoms with Gasteiger partial charge in [-0.2, -0.15) is 0 Å². The van der Waals surface area contributed by atoms with Crippen molar-refractivity contribution in [1.29, 1.82) is 0 Å². The number of carbonyl (C=O) groups excluding carboxylic acids is 2. The molecule has 8 heteroatoms. The molecule has 2 aromatic rings. The molecule has 166 valence electrons. The van der Waals surface area contributed by atoms with Crippen LogP contribution in [0.4, 0.5) is 5.69 Å². The smallest absolute Gasteiger partial charge is 0.328 e. The quantitative estimate of drug-likeness (QED) is 0.758. The molecule has 0 spiro atoms. The molecule has 0 saturated carbocycles. The zero-order valence-corrected chi connectivity index (χ0v) is 18.7. The molecule has 31 heavy (non-hydrogen) atoms. The first-order valence-electron chi connectivity index (χ1n) is 10.9. The maximum Gasteiger partial charge on any atom is 0.328 e. The Kier molecular flexibility index (Phi) is 5.73. The van der Waals surface area contributed by atoms with Gasteiger partial charge in [-0.25, -0.2) is 9.78 Å². The van der Waals surface area contributed by atoms with Crippen LogP contribution >= 0.6 is 0 Å². The van der Waals surface area contributed by atoms with Gasteiger partial charge in [0.15, 0.2) is 0 Å². The van der Waals surface area contributed by atoms with E-state index in [0.717, 1.165) is 55.1 Å². The summed E-state index contributed by atoms with van der Waals surface area (Å²) in [5.41, 5.74) is 2.72. The average Bonchev–Trinajstić information content (AvgIpc) is 3.35. The molecule has 2 saturated heterocycles. The second-order valence-electron chi connectivity index (χ2n) is 9.17. The third-order valence-corrected chi connectivity index (χ3v) is 6.65. The molecule has 2 fully saturated rings. The highest BCUT2D eigenvalue weighted by Crippen LogP contribution is 2.38. The van der Waals surface area contributed by atoms with Crippen molar-refractivity contribution in [3.05, 3.63) is 30.4 Å². The average molecular weight is 426 g/mol. The van der Waals surface area contributed by atoms with Crippen LogP contribution in [-0.2, 0) is 14.3 Å². The second-order valence-corrected chi connectivity index (χ2v) is 9.17. The van der Waals surface area contributed by atoms with Crippen molar-refractivity contribution in [3.8, 4) is 11.4 Å². The molecular weight excluding hydrogens is 394 g/mol. The maximum atomic E-state index is 13.5. The van der Waals surface area contributed by atoms with Gasteiger partial charge in [0.2, 0.25) is 5.91 Å². The molecule has 1 N–H and O–H groups in total. The first-order chi connectivity index (χ1) is 14.8. The number of rotatable bonds is 4. The van der Waals surface area contributed by atoms with Crippen LogP contribution in [0.2, 0.25) is 0 Å². The van der Waals surface area contributed by atoms with Crippen molar-refractivity contribution < 1.29 is 14.3 Å². The minimum atomic E-state index is -0.474. The highest BCUT2D eigenvalue weighted by Gasteiger charge is 2.48. The summed E-state index contributed by atoms with van der Waals surface area (Å²) in [6, 6.07) is 1.50. The third kappa shape index (κ3) is 4.03. The van der Waals surface area contributed by atoms with E-state index in [-0.39, 0.29) is 23.3 Å². The number of piperidine rings is 1. The van der Waals surface area contributed by atoms with Gasteiger partial charge in [0.25, 0.3) is 0 Å². The lowest BCUT2D eigenvalue weighted by atomic mass is 9.92. The first kappa shape index (κ1) is 21.3. The molecule has 0 bridgehead atoms.